The number of rotatable bonds is 4. The number of hydrogen-bond donors (Lipinski definition) is 0. The molecule has 2 aromatic rings. The summed E-state index contributed by atoms with van der Waals surface area (Å²) in [5.74, 6) is 0.00207. The molecule has 0 unspecified atom stereocenters. The molecule has 0 atom stereocenters. The Labute approximate surface area is 123 Å². The van der Waals surface area contributed by atoms with Gasteiger partial charge in [0.1, 0.15) is 6.61 Å². The molecule has 0 fully saturated rings. The molecule has 0 spiro atoms. The van der Waals surface area contributed by atoms with Crippen molar-refractivity contribution in [3.05, 3.63) is 59.7 Å². The Morgan fingerprint density at radius 3 is 2.71 bits per heavy atom. The molecule has 21 heavy (non-hydrogen) atoms. The highest BCUT2D eigenvalue weighted by Crippen LogP contribution is 2.14. The fourth-order valence-corrected chi connectivity index (χ4v) is 2.37. The molecule has 1 aliphatic heterocycles. The van der Waals surface area contributed by atoms with Gasteiger partial charge >= 0.3 is 0 Å². The predicted octanol–water partition coefficient (Wildman–Crippen LogP) is 1.58. The Bertz CT molecular complexity index is 616. The van der Waals surface area contributed by atoms with Crippen molar-refractivity contribution in [2.45, 2.75) is 19.6 Å². The number of benzene rings is 1. The Balaban J connectivity index is 1.50. The largest absolute Gasteiger partial charge is 0.367 e. The summed E-state index contributed by atoms with van der Waals surface area (Å²) < 4.78 is 5.50. The average Bonchev–Trinajstić information content (AvgIpc) is 2.55. The van der Waals surface area contributed by atoms with Gasteiger partial charge in [-0.2, -0.15) is 0 Å². The lowest BCUT2D eigenvalue weighted by Crippen LogP contribution is -2.38. The zero-order valence-electron chi connectivity index (χ0n) is 11.7. The second kappa shape index (κ2) is 6.45. The number of nitrogens with zero attached hydrogens (tertiary/aromatic N) is 3. The third-order valence-corrected chi connectivity index (χ3v) is 3.51. The van der Waals surface area contributed by atoms with Crippen LogP contribution in [0.5, 0.6) is 0 Å². The SMILES string of the molecule is O=C(COCc1ccccc1)N1CCc2nccnc2C1. The smallest absolute Gasteiger partial charge is 0.248 e. The van der Waals surface area contributed by atoms with Gasteiger partial charge in [-0.25, -0.2) is 0 Å². The molecule has 1 amide bonds. The van der Waals surface area contributed by atoms with Crippen LogP contribution >= 0.6 is 0 Å². The Hall–Kier alpha value is -2.27. The van der Waals surface area contributed by atoms with Gasteiger partial charge in [0.15, 0.2) is 0 Å². The number of carbonyl (C=O) groups excluding carboxylic acids is 1. The fourth-order valence-electron chi connectivity index (χ4n) is 2.37. The van der Waals surface area contributed by atoms with E-state index in [1.54, 1.807) is 17.3 Å². The maximum Gasteiger partial charge on any atom is 0.248 e. The van der Waals surface area contributed by atoms with Crippen LogP contribution < -0.4 is 0 Å². The maximum absolute atomic E-state index is 12.2. The normalized spacial score (nSPS) is 13.8. The van der Waals surface area contributed by atoms with Gasteiger partial charge in [-0.1, -0.05) is 30.3 Å². The highest BCUT2D eigenvalue weighted by molar-refractivity contribution is 5.77. The van der Waals surface area contributed by atoms with Crippen LogP contribution in [0, 0.1) is 0 Å². The van der Waals surface area contributed by atoms with Gasteiger partial charge in [-0.3, -0.25) is 14.8 Å². The van der Waals surface area contributed by atoms with E-state index in [9.17, 15) is 4.79 Å². The van der Waals surface area contributed by atoms with Gasteiger partial charge in [-0.15, -0.1) is 0 Å². The lowest BCUT2D eigenvalue weighted by atomic mass is 10.1. The molecule has 5 heteroatoms. The molecule has 1 aromatic carbocycles. The minimum Gasteiger partial charge on any atom is -0.367 e. The Morgan fingerprint density at radius 2 is 1.90 bits per heavy atom. The molecule has 0 bridgehead atoms. The van der Waals surface area contributed by atoms with Gasteiger partial charge in [0.25, 0.3) is 0 Å². The summed E-state index contributed by atoms with van der Waals surface area (Å²) in [4.78, 5) is 22.5. The van der Waals surface area contributed by atoms with Crippen LogP contribution in [0.4, 0.5) is 0 Å². The second-order valence-corrected chi connectivity index (χ2v) is 4.99. The molecule has 0 radical (unpaired) electrons. The van der Waals surface area contributed by atoms with Crippen LogP contribution in [0.1, 0.15) is 17.0 Å². The highest BCUT2D eigenvalue weighted by atomic mass is 16.5. The van der Waals surface area contributed by atoms with Crippen LogP contribution in [0.25, 0.3) is 0 Å². The maximum atomic E-state index is 12.2. The van der Waals surface area contributed by atoms with Gasteiger partial charge in [0, 0.05) is 25.4 Å². The molecule has 1 aromatic heterocycles. The average molecular weight is 283 g/mol. The van der Waals surface area contributed by atoms with Gasteiger partial charge in [-0.05, 0) is 5.56 Å². The molecule has 0 N–H and O–H groups in total. The van der Waals surface area contributed by atoms with Crippen molar-refractivity contribution in [3.63, 3.8) is 0 Å². The van der Waals surface area contributed by atoms with E-state index in [1.165, 1.54) is 0 Å². The van der Waals surface area contributed by atoms with Gasteiger partial charge < -0.3 is 9.64 Å². The summed E-state index contributed by atoms with van der Waals surface area (Å²) in [6, 6.07) is 9.84. The molecule has 0 saturated heterocycles. The van der Waals surface area contributed by atoms with Crippen molar-refractivity contribution >= 4 is 5.91 Å². The first-order valence-electron chi connectivity index (χ1n) is 7.01. The van der Waals surface area contributed by atoms with Crippen molar-refractivity contribution in [1.29, 1.82) is 0 Å². The summed E-state index contributed by atoms with van der Waals surface area (Å²) in [7, 11) is 0. The molecule has 1 aliphatic rings. The minimum atomic E-state index is 0.00207. The molecule has 2 heterocycles. The van der Waals surface area contributed by atoms with Gasteiger partial charge in [0.2, 0.25) is 5.91 Å². The first-order chi connectivity index (χ1) is 10.3. The highest BCUT2D eigenvalue weighted by Gasteiger charge is 2.22. The molecule has 0 aliphatic carbocycles. The standard InChI is InChI=1S/C16H17N3O2/c20-16(12-21-11-13-4-2-1-3-5-13)19-9-6-14-15(10-19)18-8-7-17-14/h1-5,7-8H,6,9-12H2. The number of hydrogen-bond acceptors (Lipinski definition) is 4. The predicted molar refractivity (Wildman–Crippen MR) is 77.3 cm³/mol. The summed E-state index contributed by atoms with van der Waals surface area (Å²) in [5, 5.41) is 0. The van der Waals surface area contributed by atoms with E-state index in [0.717, 1.165) is 23.4 Å². The first kappa shape index (κ1) is 13.7. The zero-order valence-corrected chi connectivity index (χ0v) is 11.7. The number of amides is 1. The third-order valence-electron chi connectivity index (χ3n) is 3.51. The number of fused-ring (bicyclic) bond motifs is 1. The van der Waals surface area contributed by atoms with E-state index in [4.69, 9.17) is 4.74 Å². The van der Waals surface area contributed by atoms with E-state index in [-0.39, 0.29) is 12.5 Å². The molecule has 0 saturated carbocycles. The number of ether oxygens (including phenoxy) is 1. The van der Waals surface area contributed by atoms with Crippen LogP contribution in [0.2, 0.25) is 0 Å². The van der Waals surface area contributed by atoms with Crippen LogP contribution in [-0.4, -0.2) is 33.9 Å². The summed E-state index contributed by atoms with van der Waals surface area (Å²) in [6.45, 7) is 1.76. The Kier molecular flexibility index (Phi) is 4.21. The number of aromatic nitrogens is 2. The number of carbonyl (C=O) groups is 1. The molecular formula is C16H17N3O2. The van der Waals surface area contributed by atoms with Crippen molar-refractivity contribution in [1.82, 2.24) is 14.9 Å². The van der Waals surface area contributed by atoms with Gasteiger partial charge in [0.05, 0.1) is 24.5 Å². The van der Waals surface area contributed by atoms with E-state index < -0.39 is 0 Å². The molecule has 3 rings (SSSR count). The quantitative estimate of drug-likeness (QED) is 0.855. The molecule has 108 valence electrons. The van der Waals surface area contributed by atoms with Crippen LogP contribution in [-0.2, 0) is 29.1 Å². The third kappa shape index (κ3) is 3.44. The van der Waals surface area contributed by atoms with Crippen LogP contribution in [0.3, 0.4) is 0 Å². The fraction of sp³-hybridized carbons (Fsp3) is 0.312. The second-order valence-electron chi connectivity index (χ2n) is 4.99. The van der Waals surface area contributed by atoms with Crippen molar-refractivity contribution < 1.29 is 9.53 Å². The zero-order chi connectivity index (χ0) is 14.5. The lowest BCUT2D eigenvalue weighted by molar-refractivity contribution is -0.137. The van der Waals surface area contributed by atoms with E-state index in [0.29, 0.717) is 19.7 Å². The van der Waals surface area contributed by atoms with Crippen molar-refractivity contribution in [2.24, 2.45) is 0 Å². The lowest BCUT2D eigenvalue weighted by Gasteiger charge is -2.27. The minimum absolute atomic E-state index is 0.00207. The Morgan fingerprint density at radius 1 is 1.14 bits per heavy atom. The van der Waals surface area contributed by atoms with E-state index in [2.05, 4.69) is 9.97 Å². The van der Waals surface area contributed by atoms with Crippen LogP contribution in [0.15, 0.2) is 42.7 Å². The van der Waals surface area contributed by atoms with Crippen molar-refractivity contribution in [2.75, 3.05) is 13.2 Å². The topological polar surface area (TPSA) is 55.3 Å². The van der Waals surface area contributed by atoms with E-state index in [1.807, 2.05) is 30.3 Å². The monoisotopic (exact) mass is 283 g/mol. The summed E-state index contributed by atoms with van der Waals surface area (Å²) in [6.07, 6.45) is 4.12. The van der Waals surface area contributed by atoms with E-state index >= 15 is 0 Å². The molecule has 5 nitrogen and oxygen atoms in total. The van der Waals surface area contributed by atoms with Crippen molar-refractivity contribution in [3.8, 4) is 0 Å². The first-order valence-corrected chi connectivity index (χ1v) is 7.01. The summed E-state index contributed by atoms with van der Waals surface area (Å²) >= 11 is 0. The summed E-state index contributed by atoms with van der Waals surface area (Å²) in [5.41, 5.74) is 2.95. The molecular weight excluding hydrogens is 266 g/mol.